The van der Waals surface area contributed by atoms with Gasteiger partial charge in [-0.25, -0.2) is 4.79 Å². The highest BCUT2D eigenvalue weighted by Gasteiger charge is 2.06. The minimum Gasteiger partial charge on any atom is -0.311 e. The van der Waals surface area contributed by atoms with E-state index in [1.54, 1.807) is 18.2 Å². The van der Waals surface area contributed by atoms with Crippen LogP contribution in [0.2, 0.25) is 0 Å². The third kappa shape index (κ3) is 2.94. The lowest BCUT2D eigenvalue weighted by Gasteiger charge is -1.95. The summed E-state index contributed by atoms with van der Waals surface area (Å²) in [6.45, 7) is 0. The van der Waals surface area contributed by atoms with E-state index in [4.69, 9.17) is 10.5 Å². The minimum atomic E-state index is -0.710. The van der Waals surface area contributed by atoms with Crippen molar-refractivity contribution in [2.75, 3.05) is 0 Å². The molecule has 5 heteroatoms. The number of nitrogens with zero attached hydrogens (tertiary/aromatic N) is 3. The van der Waals surface area contributed by atoms with Crippen LogP contribution in [0.25, 0.3) is 0 Å². The molecule has 5 nitrogen and oxygen atoms in total. The number of hydrogen-bond donors (Lipinski definition) is 0. The first kappa shape index (κ1) is 10.4. The zero-order chi connectivity index (χ0) is 11.1. The van der Waals surface area contributed by atoms with Crippen LogP contribution in [0.3, 0.4) is 0 Å². The molecule has 0 saturated heterocycles. The van der Waals surface area contributed by atoms with Crippen molar-refractivity contribution >= 4 is 11.7 Å². The van der Waals surface area contributed by atoms with Crippen LogP contribution in [0, 0.1) is 22.7 Å². The third-order valence-corrected chi connectivity index (χ3v) is 1.44. The zero-order valence-corrected chi connectivity index (χ0v) is 7.54. The number of carbonyl (C=O) groups is 1. The highest BCUT2D eigenvalue weighted by Crippen LogP contribution is 2.01. The van der Waals surface area contributed by atoms with Crippen molar-refractivity contribution in [2.45, 2.75) is 0 Å². The molecule has 0 heterocycles. The predicted molar refractivity (Wildman–Crippen MR) is 50.5 cm³/mol. The maximum absolute atomic E-state index is 11.2. The molecule has 72 valence electrons. The number of hydrogen-bond acceptors (Lipinski definition) is 5. The first-order valence-corrected chi connectivity index (χ1v) is 3.92. The number of carbonyl (C=O) groups excluding carboxylic acids is 1. The lowest BCUT2D eigenvalue weighted by atomic mass is 10.2. The summed E-state index contributed by atoms with van der Waals surface area (Å²) in [5, 5.41) is 19.7. The first-order valence-electron chi connectivity index (χ1n) is 3.92. The lowest BCUT2D eigenvalue weighted by Crippen LogP contribution is -2.02. The monoisotopic (exact) mass is 199 g/mol. The van der Waals surface area contributed by atoms with Gasteiger partial charge >= 0.3 is 5.97 Å². The molecule has 1 rings (SSSR count). The number of rotatable bonds is 2. The Bertz CT molecular complexity index is 450. The van der Waals surface area contributed by atoms with Crippen molar-refractivity contribution in [2.24, 2.45) is 5.16 Å². The fourth-order valence-corrected chi connectivity index (χ4v) is 0.780. The van der Waals surface area contributed by atoms with Crippen molar-refractivity contribution < 1.29 is 9.63 Å². The Hall–Kier alpha value is -2.66. The van der Waals surface area contributed by atoms with Crippen LogP contribution in [0.15, 0.2) is 35.5 Å². The highest BCUT2D eigenvalue weighted by atomic mass is 16.7. The molecule has 0 aromatic heterocycles. The van der Waals surface area contributed by atoms with Crippen molar-refractivity contribution in [1.82, 2.24) is 0 Å². The standard InChI is InChI=1S/C10H5N3O2/c11-6-9(7-12)13-15-10(14)8-4-2-1-3-5-8/h1-5H. The maximum atomic E-state index is 11.2. The third-order valence-electron chi connectivity index (χ3n) is 1.44. The van der Waals surface area contributed by atoms with Gasteiger partial charge in [0.1, 0.15) is 12.1 Å². The molecule has 0 N–H and O–H groups in total. The summed E-state index contributed by atoms with van der Waals surface area (Å²) in [6, 6.07) is 11.1. The summed E-state index contributed by atoms with van der Waals surface area (Å²) in [4.78, 5) is 15.6. The van der Waals surface area contributed by atoms with Gasteiger partial charge in [-0.05, 0) is 12.1 Å². The normalized spacial score (nSPS) is 8.13. The van der Waals surface area contributed by atoms with E-state index in [0.717, 1.165) is 0 Å². The van der Waals surface area contributed by atoms with Crippen LogP contribution in [0.5, 0.6) is 0 Å². The molecule has 1 aromatic rings. The van der Waals surface area contributed by atoms with Gasteiger partial charge in [-0.15, -0.1) is 0 Å². The Morgan fingerprint density at radius 2 is 1.80 bits per heavy atom. The lowest BCUT2D eigenvalue weighted by molar-refractivity contribution is 0.0518. The van der Waals surface area contributed by atoms with Gasteiger partial charge in [0.15, 0.2) is 0 Å². The largest absolute Gasteiger partial charge is 0.365 e. The van der Waals surface area contributed by atoms with Gasteiger partial charge in [-0.3, -0.25) is 0 Å². The fourth-order valence-electron chi connectivity index (χ4n) is 0.780. The number of benzene rings is 1. The van der Waals surface area contributed by atoms with E-state index in [0.29, 0.717) is 5.56 Å². The van der Waals surface area contributed by atoms with E-state index < -0.39 is 11.7 Å². The van der Waals surface area contributed by atoms with Gasteiger partial charge in [0.2, 0.25) is 0 Å². The summed E-state index contributed by atoms with van der Waals surface area (Å²) < 4.78 is 0. The van der Waals surface area contributed by atoms with Crippen LogP contribution >= 0.6 is 0 Å². The minimum absolute atomic E-state index is 0.302. The second-order valence-corrected chi connectivity index (χ2v) is 2.41. The van der Waals surface area contributed by atoms with Gasteiger partial charge < -0.3 is 4.84 Å². The molecular formula is C10H5N3O2. The Balaban J connectivity index is 2.71. The Morgan fingerprint density at radius 3 is 2.33 bits per heavy atom. The first-order chi connectivity index (χ1) is 7.27. The molecule has 15 heavy (non-hydrogen) atoms. The summed E-state index contributed by atoms with van der Waals surface area (Å²) >= 11 is 0. The number of nitriles is 2. The van der Waals surface area contributed by atoms with Gasteiger partial charge in [0, 0.05) is 0 Å². The van der Waals surface area contributed by atoms with E-state index >= 15 is 0 Å². The molecule has 0 saturated carbocycles. The molecule has 0 amide bonds. The average molecular weight is 199 g/mol. The summed E-state index contributed by atoms with van der Waals surface area (Å²) in [5.74, 6) is -0.710. The van der Waals surface area contributed by atoms with Gasteiger partial charge in [-0.2, -0.15) is 10.5 Å². The molecule has 0 atom stereocenters. The topological polar surface area (TPSA) is 86.2 Å². The van der Waals surface area contributed by atoms with Crippen molar-refractivity contribution in [3.8, 4) is 12.1 Å². The fraction of sp³-hybridized carbons (Fsp3) is 0. The summed E-state index contributed by atoms with van der Waals surface area (Å²) in [6.07, 6.45) is 0. The van der Waals surface area contributed by atoms with Crippen LogP contribution in [-0.2, 0) is 4.84 Å². The Kier molecular flexibility index (Phi) is 3.58. The number of oxime groups is 1. The second-order valence-electron chi connectivity index (χ2n) is 2.41. The molecular weight excluding hydrogens is 194 g/mol. The van der Waals surface area contributed by atoms with E-state index in [-0.39, 0.29) is 0 Å². The zero-order valence-electron chi connectivity index (χ0n) is 7.54. The van der Waals surface area contributed by atoms with E-state index in [1.165, 1.54) is 24.3 Å². The molecule has 0 radical (unpaired) electrons. The molecule has 1 aromatic carbocycles. The SMILES string of the molecule is N#CC(C#N)=NOC(=O)c1ccccc1. The molecule has 0 fully saturated rings. The highest BCUT2D eigenvalue weighted by molar-refractivity contribution is 6.10. The summed E-state index contributed by atoms with van der Waals surface area (Å²) in [7, 11) is 0. The molecule has 0 aliphatic heterocycles. The molecule has 0 spiro atoms. The molecule has 0 aliphatic carbocycles. The maximum Gasteiger partial charge on any atom is 0.365 e. The second kappa shape index (κ2) is 5.15. The summed E-state index contributed by atoms with van der Waals surface area (Å²) in [5.41, 5.74) is -0.198. The predicted octanol–water partition coefficient (Wildman–Crippen LogP) is 1.25. The van der Waals surface area contributed by atoms with Gasteiger partial charge in [-0.1, -0.05) is 23.4 Å². The van der Waals surface area contributed by atoms with E-state index in [9.17, 15) is 4.79 Å². The quantitative estimate of drug-likeness (QED) is 0.407. The van der Waals surface area contributed by atoms with E-state index in [1.807, 2.05) is 0 Å². The smallest absolute Gasteiger partial charge is 0.311 e. The van der Waals surface area contributed by atoms with E-state index in [2.05, 4.69) is 9.99 Å². The van der Waals surface area contributed by atoms with Crippen LogP contribution in [0.4, 0.5) is 0 Å². The Labute approximate surface area is 85.8 Å². The van der Waals surface area contributed by atoms with Crippen molar-refractivity contribution in [1.29, 1.82) is 10.5 Å². The average Bonchev–Trinajstić information content (AvgIpc) is 2.31. The van der Waals surface area contributed by atoms with Crippen molar-refractivity contribution in [3.05, 3.63) is 35.9 Å². The van der Waals surface area contributed by atoms with Gasteiger partial charge in [0.05, 0.1) is 5.56 Å². The molecule has 0 unspecified atom stereocenters. The van der Waals surface area contributed by atoms with Crippen LogP contribution in [0.1, 0.15) is 10.4 Å². The van der Waals surface area contributed by atoms with Crippen LogP contribution < -0.4 is 0 Å². The van der Waals surface area contributed by atoms with Crippen molar-refractivity contribution in [3.63, 3.8) is 0 Å². The van der Waals surface area contributed by atoms with Crippen LogP contribution in [-0.4, -0.2) is 11.7 Å². The van der Waals surface area contributed by atoms with Gasteiger partial charge in [0.25, 0.3) is 5.71 Å². The molecule has 0 aliphatic rings. The molecule has 0 bridgehead atoms. The Morgan fingerprint density at radius 1 is 1.20 bits per heavy atom.